The Hall–Kier alpha value is -3.14. The van der Waals surface area contributed by atoms with Crippen LogP contribution in [0.4, 0.5) is 11.4 Å². The van der Waals surface area contributed by atoms with Crippen molar-refractivity contribution in [2.24, 2.45) is 7.05 Å². The average molecular weight is 368 g/mol. The third-order valence-corrected chi connectivity index (χ3v) is 3.39. The number of halogens is 1. The second-order valence-electron chi connectivity index (χ2n) is 4.88. The fourth-order valence-electron chi connectivity index (χ4n) is 1.97. The summed E-state index contributed by atoms with van der Waals surface area (Å²) >= 11 is 5.70. The largest absolute Gasteiger partial charge is 0.479 e. The molecule has 2 amide bonds. The summed E-state index contributed by atoms with van der Waals surface area (Å²) in [5.41, 5.74) is 0.0397. The predicted molar refractivity (Wildman–Crippen MR) is 88.8 cm³/mol. The molecule has 0 saturated heterocycles. The molecule has 0 aliphatic carbocycles. The molecule has 11 heteroatoms. The number of nitro benzene ring substituents is 1. The lowest BCUT2D eigenvalue weighted by Crippen LogP contribution is -2.32. The zero-order chi connectivity index (χ0) is 18.6. The van der Waals surface area contributed by atoms with E-state index in [1.807, 2.05) is 0 Å². The molecule has 1 aromatic carbocycles. The number of hydrogen-bond acceptors (Lipinski definition) is 6. The Bertz CT molecular complexity index is 835. The van der Waals surface area contributed by atoms with Gasteiger partial charge in [-0.15, -0.1) is 5.10 Å². The van der Waals surface area contributed by atoms with Gasteiger partial charge < -0.3 is 15.4 Å². The van der Waals surface area contributed by atoms with Gasteiger partial charge in [0.05, 0.1) is 18.6 Å². The standard InChI is InChI=1S/C14H14ClN5O5/c1-19-7-9(14(18-19)25-2)13(22)16-6-12(21)17-8-3-4-10(15)11(5-8)20(23)24/h3-5,7H,6H2,1-2H3,(H,16,22)(H,17,21). The first-order valence-corrected chi connectivity index (χ1v) is 7.29. The summed E-state index contributed by atoms with van der Waals surface area (Å²) in [6.45, 7) is -0.340. The van der Waals surface area contributed by atoms with Gasteiger partial charge in [-0.3, -0.25) is 24.4 Å². The Labute approximate surface area is 146 Å². The first kappa shape index (κ1) is 18.2. The van der Waals surface area contributed by atoms with Crippen LogP contribution in [0.15, 0.2) is 24.4 Å². The quantitative estimate of drug-likeness (QED) is 0.586. The summed E-state index contributed by atoms with van der Waals surface area (Å²) < 4.78 is 6.37. The van der Waals surface area contributed by atoms with Gasteiger partial charge in [0.2, 0.25) is 11.8 Å². The van der Waals surface area contributed by atoms with Gasteiger partial charge in [-0.2, -0.15) is 0 Å². The van der Waals surface area contributed by atoms with E-state index in [9.17, 15) is 19.7 Å². The third kappa shape index (κ3) is 4.44. The normalized spacial score (nSPS) is 10.2. The molecule has 0 atom stereocenters. The maximum Gasteiger partial charge on any atom is 0.289 e. The van der Waals surface area contributed by atoms with E-state index in [1.165, 1.54) is 30.1 Å². The van der Waals surface area contributed by atoms with Gasteiger partial charge in [-0.05, 0) is 12.1 Å². The highest BCUT2D eigenvalue weighted by atomic mass is 35.5. The predicted octanol–water partition coefficient (Wildman–Crippen LogP) is 1.36. The van der Waals surface area contributed by atoms with Crippen molar-refractivity contribution in [3.8, 4) is 5.88 Å². The Balaban J connectivity index is 1.98. The second kappa shape index (κ2) is 7.62. The highest BCUT2D eigenvalue weighted by molar-refractivity contribution is 6.32. The zero-order valence-electron chi connectivity index (χ0n) is 13.3. The molecule has 0 aliphatic heterocycles. The SMILES string of the molecule is COc1nn(C)cc1C(=O)NCC(=O)Nc1ccc(Cl)c([N+](=O)[O-])c1. The number of methoxy groups -OCH3 is 1. The van der Waals surface area contributed by atoms with E-state index in [-0.39, 0.29) is 34.4 Å². The lowest BCUT2D eigenvalue weighted by molar-refractivity contribution is -0.384. The van der Waals surface area contributed by atoms with Gasteiger partial charge in [-0.1, -0.05) is 11.6 Å². The number of anilines is 1. The summed E-state index contributed by atoms with van der Waals surface area (Å²) in [4.78, 5) is 34.1. The molecule has 1 heterocycles. The van der Waals surface area contributed by atoms with Crippen LogP contribution in [0.1, 0.15) is 10.4 Å². The molecular weight excluding hydrogens is 354 g/mol. The van der Waals surface area contributed by atoms with E-state index in [4.69, 9.17) is 16.3 Å². The molecule has 0 radical (unpaired) electrons. The van der Waals surface area contributed by atoms with Gasteiger partial charge in [0.1, 0.15) is 10.6 Å². The molecule has 10 nitrogen and oxygen atoms in total. The van der Waals surface area contributed by atoms with E-state index in [0.717, 1.165) is 6.07 Å². The van der Waals surface area contributed by atoms with Crippen LogP contribution >= 0.6 is 11.6 Å². The van der Waals surface area contributed by atoms with Crippen LogP contribution in [0.2, 0.25) is 5.02 Å². The lowest BCUT2D eigenvalue weighted by atomic mass is 10.2. The maximum absolute atomic E-state index is 12.1. The number of rotatable bonds is 6. The first-order chi connectivity index (χ1) is 11.8. The summed E-state index contributed by atoms with van der Waals surface area (Å²) in [6.07, 6.45) is 1.45. The minimum atomic E-state index is -0.658. The lowest BCUT2D eigenvalue weighted by Gasteiger charge is -2.07. The van der Waals surface area contributed by atoms with Crippen LogP contribution in [0.3, 0.4) is 0 Å². The number of carbonyl (C=O) groups is 2. The first-order valence-electron chi connectivity index (χ1n) is 6.91. The summed E-state index contributed by atoms with van der Waals surface area (Å²) in [5, 5.41) is 19.6. The van der Waals surface area contributed by atoms with Crippen molar-refractivity contribution in [1.29, 1.82) is 0 Å². The number of carbonyl (C=O) groups excluding carboxylic acids is 2. The van der Waals surface area contributed by atoms with Crippen LogP contribution in [0.25, 0.3) is 0 Å². The minimum absolute atomic E-state index is 0.0417. The molecule has 2 N–H and O–H groups in total. The molecule has 2 rings (SSSR count). The van der Waals surface area contributed by atoms with Crippen LogP contribution in [0, 0.1) is 10.1 Å². The number of ether oxygens (including phenoxy) is 1. The average Bonchev–Trinajstić information content (AvgIpc) is 2.95. The molecule has 0 saturated carbocycles. The van der Waals surface area contributed by atoms with Gasteiger partial charge in [-0.25, -0.2) is 0 Å². The van der Waals surface area contributed by atoms with Crippen molar-refractivity contribution in [2.75, 3.05) is 19.0 Å². The Morgan fingerprint density at radius 3 is 2.80 bits per heavy atom. The Morgan fingerprint density at radius 2 is 2.16 bits per heavy atom. The summed E-state index contributed by atoms with van der Waals surface area (Å²) in [5.74, 6) is -0.969. The van der Waals surface area contributed by atoms with Gasteiger partial charge in [0.25, 0.3) is 11.6 Å². The number of aryl methyl sites for hydroxylation is 1. The third-order valence-electron chi connectivity index (χ3n) is 3.07. The summed E-state index contributed by atoms with van der Waals surface area (Å²) in [6, 6.07) is 3.85. The van der Waals surface area contributed by atoms with Crippen LogP contribution in [-0.2, 0) is 11.8 Å². The Morgan fingerprint density at radius 1 is 1.44 bits per heavy atom. The molecule has 132 valence electrons. The van der Waals surface area contributed by atoms with Gasteiger partial charge in [0, 0.05) is 25.0 Å². The molecule has 1 aromatic heterocycles. The maximum atomic E-state index is 12.1. The van der Waals surface area contributed by atoms with Crippen molar-refractivity contribution in [2.45, 2.75) is 0 Å². The van der Waals surface area contributed by atoms with Crippen LogP contribution in [0.5, 0.6) is 5.88 Å². The number of hydrogen-bond donors (Lipinski definition) is 2. The van der Waals surface area contributed by atoms with E-state index in [1.54, 1.807) is 7.05 Å². The highest BCUT2D eigenvalue weighted by Gasteiger charge is 2.18. The second-order valence-corrected chi connectivity index (χ2v) is 5.29. The molecule has 0 aliphatic rings. The van der Waals surface area contributed by atoms with Crippen molar-refractivity contribution in [1.82, 2.24) is 15.1 Å². The molecule has 0 fully saturated rings. The van der Waals surface area contributed by atoms with Crippen molar-refractivity contribution < 1.29 is 19.2 Å². The molecule has 0 bridgehead atoms. The zero-order valence-corrected chi connectivity index (χ0v) is 14.0. The van der Waals surface area contributed by atoms with Gasteiger partial charge in [0.15, 0.2) is 0 Å². The van der Waals surface area contributed by atoms with E-state index < -0.39 is 16.7 Å². The number of aromatic nitrogens is 2. The fourth-order valence-corrected chi connectivity index (χ4v) is 2.15. The van der Waals surface area contributed by atoms with E-state index in [0.29, 0.717) is 0 Å². The summed E-state index contributed by atoms with van der Waals surface area (Å²) in [7, 11) is 3.00. The number of nitrogens with one attached hydrogen (secondary N) is 2. The highest BCUT2D eigenvalue weighted by Crippen LogP contribution is 2.27. The van der Waals surface area contributed by atoms with Crippen LogP contribution < -0.4 is 15.4 Å². The number of benzene rings is 1. The monoisotopic (exact) mass is 367 g/mol. The smallest absolute Gasteiger partial charge is 0.289 e. The Kier molecular flexibility index (Phi) is 5.55. The number of nitrogens with zero attached hydrogens (tertiary/aromatic N) is 3. The molecule has 2 aromatic rings. The van der Waals surface area contributed by atoms with Crippen molar-refractivity contribution in [3.63, 3.8) is 0 Å². The van der Waals surface area contributed by atoms with Crippen LogP contribution in [-0.4, -0.2) is 40.2 Å². The van der Waals surface area contributed by atoms with Gasteiger partial charge >= 0.3 is 0 Å². The number of amides is 2. The molecular formula is C14H14ClN5O5. The molecule has 0 unspecified atom stereocenters. The topological polar surface area (TPSA) is 128 Å². The van der Waals surface area contributed by atoms with Crippen molar-refractivity contribution >= 4 is 34.8 Å². The molecule has 0 spiro atoms. The van der Waals surface area contributed by atoms with E-state index >= 15 is 0 Å². The van der Waals surface area contributed by atoms with Crippen molar-refractivity contribution in [3.05, 3.63) is 45.1 Å². The fraction of sp³-hybridized carbons (Fsp3) is 0.214. The number of nitro groups is 1. The molecule has 25 heavy (non-hydrogen) atoms. The van der Waals surface area contributed by atoms with E-state index in [2.05, 4.69) is 15.7 Å². The minimum Gasteiger partial charge on any atom is -0.479 e.